The third-order valence-corrected chi connectivity index (χ3v) is 3.57. The van der Waals surface area contributed by atoms with Gasteiger partial charge in [-0.3, -0.25) is 0 Å². The average Bonchev–Trinajstić information content (AvgIpc) is 2.75. The number of aryl methyl sites for hydroxylation is 1. The van der Waals surface area contributed by atoms with Crippen LogP contribution in [0.4, 0.5) is 0 Å². The number of hydrogen-bond donors (Lipinski definition) is 1. The Hall–Kier alpha value is -2.35. The lowest BCUT2D eigenvalue weighted by Gasteiger charge is -2.02. The van der Waals surface area contributed by atoms with Crippen LogP contribution < -0.4 is 0 Å². The normalized spacial score (nSPS) is 11.6. The van der Waals surface area contributed by atoms with E-state index in [1.807, 2.05) is 12.3 Å². The number of fused-ring (bicyclic) bond motifs is 4. The third kappa shape index (κ3) is 1.20. The number of nitrogens with zero attached hydrogens (tertiary/aromatic N) is 1. The van der Waals surface area contributed by atoms with E-state index in [4.69, 9.17) is 0 Å². The van der Waals surface area contributed by atoms with Crippen LogP contribution in [0.25, 0.3) is 32.6 Å². The largest absolute Gasteiger partial charge is 0.365 e. The second-order valence-corrected chi connectivity index (χ2v) is 4.69. The van der Waals surface area contributed by atoms with Crippen molar-refractivity contribution in [3.63, 3.8) is 0 Å². The fourth-order valence-electron chi connectivity index (χ4n) is 2.64. The molecular formula is C16H12N2. The van der Waals surface area contributed by atoms with Crippen molar-refractivity contribution >= 4 is 32.6 Å². The van der Waals surface area contributed by atoms with Crippen LogP contribution in [0.15, 0.2) is 48.7 Å². The lowest BCUT2D eigenvalue weighted by Crippen LogP contribution is -1.82. The van der Waals surface area contributed by atoms with Crippen molar-refractivity contribution in [3.8, 4) is 0 Å². The molecule has 2 heteroatoms. The van der Waals surface area contributed by atoms with E-state index in [0.717, 1.165) is 11.0 Å². The molecule has 2 nitrogen and oxygen atoms in total. The van der Waals surface area contributed by atoms with Crippen LogP contribution in [0.2, 0.25) is 0 Å². The quantitative estimate of drug-likeness (QED) is 0.484. The molecule has 2 aromatic heterocycles. The highest BCUT2D eigenvalue weighted by atomic mass is 14.7. The molecule has 0 aliphatic heterocycles. The zero-order valence-electron chi connectivity index (χ0n) is 10.1. The molecule has 4 rings (SSSR count). The summed E-state index contributed by atoms with van der Waals surface area (Å²) in [7, 11) is 0. The van der Waals surface area contributed by atoms with E-state index in [2.05, 4.69) is 53.3 Å². The Morgan fingerprint density at radius 1 is 0.889 bits per heavy atom. The van der Waals surface area contributed by atoms with Crippen LogP contribution >= 0.6 is 0 Å². The first-order chi connectivity index (χ1) is 8.83. The maximum Gasteiger partial charge on any atom is 0.0722 e. The summed E-state index contributed by atoms with van der Waals surface area (Å²) in [5.74, 6) is 0. The zero-order chi connectivity index (χ0) is 12.1. The van der Waals surface area contributed by atoms with Gasteiger partial charge < -0.3 is 4.98 Å². The van der Waals surface area contributed by atoms with Crippen LogP contribution in [-0.2, 0) is 0 Å². The van der Waals surface area contributed by atoms with E-state index >= 15 is 0 Å². The summed E-state index contributed by atoms with van der Waals surface area (Å²) in [4.78, 5) is 7.94. The molecule has 0 atom stereocenters. The number of aromatic nitrogens is 2. The molecule has 18 heavy (non-hydrogen) atoms. The van der Waals surface area contributed by atoms with Crippen LogP contribution in [0.1, 0.15) is 5.69 Å². The van der Waals surface area contributed by atoms with E-state index in [9.17, 15) is 0 Å². The molecule has 0 saturated carbocycles. The summed E-state index contributed by atoms with van der Waals surface area (Å²) < 4.78 is 0. The van der Waals surface area contributed by atoms with E-state index in [-0.39, 0.29) is 0 Å². The molecule has 0 spiro atoms. The first-order valence-electron chi connectivity index (χ1n) is 6.09. The maximum atomic E-state index is 4.68. The number of nitrogens with one attached hydrogen (secondary N) is 1. The lowest BCUT2D eigenvalue weighted by atomic mass is 10.1. The Bertz CT molecular complexity index is 887. The van der Waals surface area contributed by atoms with Crippen molar-refractivity contribution in [2.75, 3.05) is 0 Å². The topological polar surface area (TPSA) is 28.7 Å². The molecule has 86 valence electrons. The highest BCUT2D eigenvalue weighted by molar-refractivity contribution is 6.12. The fraction of sp³-hybridized carbons (Fsp3) is 0.0625. The molecule has 0 unspecified atom stereocenters. The predicted octanol–water partition coefficient (Wildman–Crippen LogP) is 4.18. The van der Waals surface area contributed by atoms with Gasteiger partial charge in [-0.25, -0.2) is 4.98 Å². The van der Waals surface area contributed by atoms with Gasteiger partial charge in [-0.2, -0.15) is 0 Å². The van der Waals surface area contributed by atoms with Gasteiger partial charge in [0.2, 0.25) is 0 Å². The Morgan fingerprint density at radius 2 is 1.78 bits per heavy atom. The van der Waals surface area contributed by atoms with Crippen LogP contribution in [0.5, 0.6) is 0 Å². The van der Waals surface area contributed by atoms with Crippen molar-refractivity contribution in [3.05, 3.63) is 54.4 Å². The van der Waals surface area contributed by atoms with Gasteiger partial charge in [-0.15, -0.1) is 0 Å². The highest BCUT2D eigenvalue weighted by Crippen LogP contribution is 2.29. The van der Waals surface area contributed by atoms with Crippen molar-refractivity contribution < 1.29 is 0 Å². The SMILES string of the molecule is Cc1[nH]ccc2cc3nc4ccccc4c3cc12. The van der Waals surface area contributed by atoms with E-state index in [1.54, 1.807) is 0 Å². The molecule has 0 saturated heterocycles. The van der Waals surface area contributed by atoms with Crippen molar-refractivity contribution in [1.82, 2.24) is 9.97 Å². The van der Waals surface area contributed by atoms with E-state index in [1.165, 1.54) is 27.2 Å². The summed E-state index contributed by atoms with van der Waals surface area (Å²) in [6.45, 7) is 2.10. The van der Waals surface area contributed by atoms with Crippen LogP contribution in [0.3, 0.4) is 0 Å². The lowest BCUT2D eigenvalue weighted by molar-refractivity contribution is 1.24. The smallest absolute Gasteiger partial charge is 0.0722 e. The van der Waals surface area contributed by atoms with Gasteiger partial charge in [0.25, 0.3) is 0 Å². The minimum atomic E-state index is 1.07. The molecule has 4 aromatic rings. The van der Waals surface area contributed by atoms with Gasteiger partial charge in [0.05, 0.1) is 11.0 Å². The standard InChI is InChI=1S/C16H12N2/c1-10-13-9-14-12-4-2-3-5-15(12)18-16(14)8-11(13)6-7-17-10/h2-9,17H,1H3. The molecule has 0 bridgehead atoms. The first-order valence-corrected chi connectivity index (χ1v) is 6.09. The molecule has 2 heterocycles. The number of H-pyrrole nitrogens is 1. The summed E-state index contributed by atoms with van der Waals surface area (Å²) in [5.41, 5.74) is 3.35. The van der Waals surface area contributed by atoms with Crippen molar-refractivity contribution in [1.29, 1.82) is 0 Å². The van der Waals surface area contributed by atoms with Crippen molar-refractivity contribution in [2.24, 2.45) is 0 Å². The number of para-hydroxylation sites is 1. The zero-order valence-corrected chi connectivity index (χ0v) is 10.1. The number of pyridine rings is 1. The average molecular weight is 232 g/mol. The second kappa shape index (κ2) is 3.33. The number of hydrogen-bond acceptors (Lipinski definition) is 1. The minimum absolute atomic E-state index is 1.07. The van der Waals surface area contributed by atoms with Crippen LogP contribution in [0, 0.1) is 6.92 Å². The third-order valence-electron chi connectivity index (χ3n) is 3.57. The first kappa shape index (κ1) is 9.66. The van der Waals surface area contributed by atoms with Crippen LogP contribution in [-0.4, -0.2) is 9.97 Å². The molecule has 0 aliphatic rings. The molecule has 0 radical (unpaired) electrons. The highest BCUT2D eigenvalue weighted by Gasteiger charge is 2.07. The molecule has 2 aromatic carbocycles. The molecule has 1 N–H and O–H groups in total. The van der Waals surface area contributed by atoms with Gasteiger partial charge in [0, 0.05) is 28.0 Å². The predicted molar refractivity (Wildman–Crippen MR) is 75.8 cm³/mol. The van der Waals surface area contributed by atoms with Gasteiger partial charge in [-0.1, -0.05) is 18.2 Å². The van der Waals surface area contributed by atoms with Gasteiger partial charge in [0.15, 0.2) is 0 Å². The molecule has 0 aliphatic carbocycles. The summed E-state index contributed by atoms with van der Waals surface area (Å²) in [5, 5.41) is 4.98. The Morgan fingerprint density at radius 3 is 2.72 bits per heavy atom. The van der Waals surface area contributed by atoms with Gasteiger partial charge >= 0.3 is 0 Å². The number of rotatable bonds is 0. The molecular weight excluding hydrogens is 220 g/mol. The van der Waals surface area contributed by atoms with Gasteiger partial charge in [-0.05, 0) is 36.6 Å². The van der Waals surface area contributed by atoms with E-state index < -0.39 is 0 Å². The van der Waals surface area contributed by atoms with Crippen molar-refractivity contribution in [2.45, 2.75) is 6.92 Å². The summed E-state index contributed by atoms with van der Waals surface area (Å²) >= 11 is 0. The maximum absolute atomic E-state index is 4.68. The minimum Gasteiger partial charge on any atom is -0.365 e. The Balaban J connectivity index is 2.28. The van der Waals surface area contributed by atoms with E-state index in [0.29, 0.717) is 0 Å². The summed E-state index contributed by atoms with van der Waals surface area (Å²) in [6, 6.07) is 14.8. The Labute approximate surface area is 104 Å². The van der Waals surface area contributed by atoms with Gasteiger partial charge in [0.1, 0.15) is 0 Å². The molecule has 0 fully saturated rings. The number of benzene rings is 2. The summed E-state index contributed by atoms with van der Waals surface area (Å²) in [6.07, 6.45) is 1.98. The monoisotopic (exact) mass is 232 g/mol. The molecule has 0 amide bonds. The number of aromatic amines is 1. The Kier molecular flexibility index (Phi) is 1.78. The second-order valence-electron chi connectivity index (χ2n) is 4.69. The fourth-order valence-corrected chi connectivity index (χ4v) is 2.64.